The number of hydrogen-bond donors (Lipinski definition) is 1. The van der Waals surface area contributed by atoms with Crippen molar-refractivity contribution < 1.29 is 0 Å². The Morgan fingerprint density at radius 1 is 1.14 bits per heavy atom. The van der Waals surface area contributed by atoms with Crippen LogP contribution in [0, 0.1) is 6.92 Å². The molecule has 2 aromatic rings. The normalized spacial score (nSPS) is 11.4. The standard InChI is InChI=1S/C14H23N5O2/c1-4-5-8-19-12-11(13(20)17(3)14(19)21)18(9-6-7-15)10(2)16-12/h4-9,15H2,1-3H3. The highest BCUT2D eigenvalue weighted by Crippen LogP contribution is 2.12. The zero-order chi connectivity index (χ0) is 15.6. The summed E-state index contributed by atoms with van der Waals surface area (Å²) in [6, 6.07) is 0. The fraction of sp³-hybridized carbons (Fsp3) is 0.643. The first-order valence-corrected chi connectivity index (χ1v) is 7.39. The minimum Gasteiger partial charge on any atom is -0.330 e. The number of rotatable bonds is 6. The molecule has 0 aliphatic rings. The van der Waals surface area contributed by atoms with Crippen LogP contribution in [0.2, 0.25) is 0 Å². The van der Waals surface area contributed by atoms with Crippen molar-refractivity contribution >= 4 is 11.2 Å². The molecule has 0 unspecified atom stereocenters. The summed E-state index contributed by atoms with van der Waals surface area (Å²) in [5.41, 5.74) is 5.95. The third-order valence-corrected chi connectivity index (χ3v) is 3.74. The van der Waals surface area contributed by atoms with Gasteiger partial charge in [-0.25, -0.2) is 9.78 Å². The maximum Gasteiger partial charge on any atom is 0.332 e. The van der Waals surface area contributed by atoms with Crippen molar-refractivity contribution in [3.8, 4) is 0 Å². The van der Waals surface area contributed by atoms with Gasteiger partial charge in [-0.3, -0.25) is 13.9 Å². The number of nitrogens with zero attached hydrogens (tertiary/aromatic N) is 4. The summed E-state index contributed by atoms with van der Waals surface area (Å²) in [5.74, 6) is 0.742. The van der Waals surface area contributed by atoms with Gasteiger partial charge in [-0.15, -0.1) is 0 Å². The van der Waals surface area contributed by atoms with E-state index in [-0.39, 0.29) is 11.2 Å². The van der Waals surface area contributed by atoms with Crippen LogP contribution in [0.25, 0.3) is 11.2 Å². The summed E-state index contributed by atoms with van der Waals surface area (Å²) in [4.78, 5) is 29.2. The minimum atomic E-state index is -0.301. The lowest BCUT2D eigenvalue weighted by atomic mass is 10.3. The molecule has 2 rings (SSSR count). The van der Waals surface area contributed by atoms with Crippen LogP contribution in [0.4, 0.5) is 0 Å². The number of aromatic nitrogens is 4. The number of fused-ring (bicyclic) bond motifs is 1. The van der Waals surface area contributed by atoms with Crippen molar-refractivity contribution in [2.75, 3.05) is 6.54 Å². The number of imidazole rings is 1. The molecule has 21 heavy (non-hydrogen) atoms. The van der Waals surface area contributed by atoms with Gasteiger partial charge in [0.2, 0.25) is 0 Å². The Bertz CT molecular complexity index is 753. The molecule has 0 atom stereocenters. The smallest absolute Gasteiger partial charge is 0.330 e. The van der Waals surface area contributed by atoms with Gasteiger partial charge in [-0.1, -0.05) is 13.3 Å². The first-order valence-electron chi connectivity index (χ1n) is 7.39. The molecule has 0 fully saturated rings. The Balaban J connectivity index is 2.75. The molecule has 0 saturated heterocycles. The number of nitrogens with two attached hydrogens (primary N) is 1. The molecule has 116 valence electrons. The highest BCUT2D eigenvalue weighted by Gasteiger charge is 2.18. The first-order chi connectivity index (χ1) is 10.0. The maximum atomic E-state index is 12.4. The highest BCUT2D eigenvalue weighted by molar-refractivity contribution is 5.71. The molecule has 0 aliphatic heterocycles. The number of aryl methyl sites for hydroxylation is 3. The summed E-state index contributed by atoms with van der Waals surface area (Å²) in [7, 11) is 1.52. The lowest BCUT2D eigenvalue weighted by Crippen LogP contribution is -2.38. The topological polar surface area (TPSA) is 87.8 Å². The summed E-state index contributed by atoms with van der Waals surface area (Å²) in [6.45, 7) is 5.68. The highest BCUT2D eigenvalue weighted by atomic mass is 16.2. The molecule has 0 spiro atoms. The predicted octanol–water partition coefficient (Wildman–Crippen LogP) is 0.354. The predicted molar refractivity (Wildman–Crippen MR) is 82.6 cm³/mol. The van der Waals surface area contributed by atoms with Crippen LogP contribution in [0.5, 0.6) is 0 Å². The van der Waals surface area contributed by atoms with E-state index in [1.165, 1.54) is 7.05 Å². The molecule has 2 heterocycles. The lowest BCUT2D eigenvalue weighted by molar-refractivity contribution is 0.582. The Kier molecular flexibility index (Phi) is 4.62. The van der Waals surface area contributed by atoms with Crippen molar-refractivity contribution in [1.82, 2.24) is 18.7 Å². The molecular weight excluding hydrogens is 270 g/mol. The zero-order valence-electron chi connectivity index (χ0n) is 12.9. The Hall–Kier alpha value is -1.89. The molecular formula is C14H23N5O2. The number of unbranched alkanes of at least 4 members (excludes halogenated alkanes) is 1. The summed E-state index contributed by atoms with van der Waals surface area (Å²) < 4.78 is 4.64. The minimum absolute atomic E-state index is 0.291. The van der Waals surface area contributed by atoms with E-state index in [1.54, 1.807) is 4.57 Å². The van der Waals surface area contributed by atoms with Crippen LogP contribution < -0.4 is 17.0 Å². The van der Waals surface area contributed by atoms with Gasteiger partial charge in [0.05, 0.1) is 0 Å². The first kappa shape index (κ1) is 15.5. The third kappa shape index (κ3) is 2.65. The lowest BCUT2D eigenvalue weighted by Gasteiger charge is -2.09. The monoisotopic (exact) mass is 293 g/mol. The number of hydrogen-bond acceptors (Lipinski definition) is 4. The van der Waals surface area contributed by atoms with Crippen LogP contribution in [-0.4, -0.2) is 25.2 Å². The molecule has 0 radical (unpaired) electrons. The van der Waals surface area contributed by atoms with Gasteiger partial charge >= 0.3 is 5.69 Å². The fourth-order valence-corrected chi connectivity index (χ4v) is 2.51. The molecule has 0 amide bonds. The second kappa shape index (κ2) is 6.26. The molecule has 7 heteroatoms. The van der Waals surface area contributed by atoms with Crippen molar-refractivity contribution in [3.63, 3.8) is 0 Å². The molecule has 2 aromatic heterocycles. The summed E-state index contributed by atoms with van der Waals surface area (Å²) in [5, 5.41) is 0. The van der Waals surface area contributed by atoms with Gasteiger partial charge in [0, 0.05) is 20.1 Å². The van der Waals surface area contributed by atoms with Crippen LogP contribution in [-0.2, 0) is 20.1 Å². The van der Waals surface area contributed by atoms with Crippen molar-refractivity contribution in [1.29, 1.82) is 0 Å². The van der Waals surface area contributed by atoms with E-state index >= 15 is 0 Å². The third-order valence-electron chi connectivity index (χ3n) is 3.74. The van der Waals surface area contributed by atoms with Crippen molar-refractivity contribution in [2.24, 2.45) is 12.8 Å². The Labute approximate surface area is 123 Å². The second-order valence-corrected chi connectivity index (χ2v) is 5.28. The zero-order valence-corrected chi connectivity index (χ0v) is 12.9. The summed E-state index contributed by atoms with van der Waals surface area (Å²) >= 11 is 0. The van der Waals surface area contributed by atoms with Gasteiger partial charge in [-0.2, -0.15) is 0 Å². The van der Waals surface area contributed by atoms with Gasteiger partial charge in [0.15, 0.2) is 11.2 Å². The van der Waals surface area contributed by atoms with E-state index in [9.17, 15) is 9.59 Å². The molecule has 0 saturated carbocycles. The Morgan fingerprint density at radius 3 is 2.43 bits per heavy atom. The van der Waals surface area contributed by atoms with E-state index in [1.807, 2.05) is 11.5 Å². The largest absolute Gasteiger partial charge is 0.332 e. The quantitative estimate of drug-likeness (QED) is 0.832. The molecule has 0 bridgehead atoms. The average Bonchev–Trinajstić information content (AvgIpc) is 2.79. The van der Waals surface area contributed by atoms with Gasteiger partial charge in [0.1, 0.15) is 5.82 Å². The van der Waals surface area contributed by atoms with Gasteiger partial charge in [0.25, 0.3) is 5.56 Å². The van der Waals surface area contributed by atoms with E-state index in [0.29, 0.717) is 30.8 Å². The van der Waals surface area contributed by atoms with Crippen LogP contribution >= 0.6 is 0 Å². The second-order valence-electron chi connectivity index (χ2n) is 5.28. The SMILES string of the molecule is CCCCn1c(=O)n(C)c(=O)c2c1nc(C)n2CCCN. The van der Waals surface area contributed by atoms with Crippen molar-refractivity contribution in [2.45, 2.75) is 46.2 Å². The van der Waals surface area contributed by atoms with Crippen LogP contribution in [0.15, 0.2) is 9.59 Å². The fourth-order valence-electron chi connectivity index (χ4n) is 2.51. The van der Waals surface area contributed by atoms with E-state index in [4.69, 9.17) is 5.73 Å². The van der Waals surface area contributed by atoms with E-state index < -0.39 is 0 Å². The van der Waals surface area contributed by atoms with Gasteiger partial charge in [-0.05, 0) is 26.3 Å². The summed E-state index contributed by atoms with van der Waals surface area (Å²) in [6.07, 6.45) is 2.62. The Morgan fingerprint density at radius 2 is 1.81 bits per heavy atom. The average molecular weight is 293 g/mol. The van der Waals surface area contributed by atoms with Crippen LogP contribution in [0.3, 0.4) is 0 Å². The molecule has 0 aromatic carbocycles. The van der Waals surface area contributed by atoms with E-state index in [0.717, 1.165) is 29.7 Å². The molecule has 0 aliphatic carbocycles. The molecule has 2 N–H and O–H groups in total. The van der Waals surface area contributed by atoms with Crippen LogP contribution in [0.1, 0.15) is 32.0 Å². The van der Waals surface area contributed by atoms with E-state index in [2.05, 4.69) is 11.9 Å². The maximum absolute atomic E-state index is 12.4. The van der Waals surface area contributed by atoms with Crippen molar-refractivity contribution in [3.05, 3.63) is 26.7 Å². The molecule has 7 nitrogen and oxygen atoms in total. The van der Waals surface area contributed by atoms with Gasteiger partial charge < -0.3 is 10.3 Å².